The summed E-state index contributed by atoms with van der Waals surface area (Å²) in [4.78, 5) is 13.7. The Morgan fingerprint density at radius 2 is 1.85 bits per heavy atom. The van der Waals surface area contributed by atoms with Gasteiger partial charge < -0.3 is 19.5 Å². The van der Waals surface area contributed by atoms with Crippen molar-refractivity contribution in [3.8, 4) is 17.2 Å². The standard InChI is InChI=1S/C24H25NO6S2/c1-4-12-31-23-17(6-5-7-19(23)30-3)18-13-21(26)25-22-20(14-32-24(18)22)33(27,28)16-10-8-15(29-2)9-11-16/h5-11,14,18H,4,12-13H2,1-3H3,(H,25,26)/t18-/m0/s1. The molecule has 3 aromatic rings. The SMILES string of the molecule is CCCOc1c(OC)cccc1[C@@H]1CC(=O)Nc2c(S(=O)(=O)c3ccc(OC)cc3)csc21. The van der Waals surface area contributed by atoms with Gasteiger partial charge in [-0.05, 0) is 36.8 Å². The quantitative estimate of drug-likeness (QED) is 0.488. The van der Waals surface area contributed by atoms with Crippen LogP contribution >= 0.6 is 11.3 Å². The minimum atomic E-state index is -3.84. The van der Waals surface area contributed by atoms with Gasteiger partial charge in [0.1, 0.15) is 10.6 Å². The molecular weight excluding hydrogens is 462 g/mol. The van der Waals surface area contributed by atoms with E-state index in [-0.39, 0.29) is 28.0 Å². The number of hydrogen-bond donors (Lipinski definition) is 1. The largest absolute Gasteiger partial charge is 0.497 e. The molecule has 174 valence electrons. The summed E-state index contributed by atoms with van der Waals surface area (Å²) in [6.07, 6.45) is 1.00. The lowest BCUT2D eigenvalue weighted by atomic mass is 9.89. The molecule has 33 heavy (non-hydrogen) atoms. The van der Waals surface area contributed by atoms with E-state index >= 15 is 0 Å². The molecule has 0 bridgehead atoms. The molecule has 1 atom stereocenters. The zero-order valence-electron chi connectivity index (χ0n) is 18.6. The van der Waals surface area contributed by atoms with Crippen molar-refractivity contribution in [1.29, 1.82) is 0 Å². The first-order chi connectivity index (χ1) is 15.9. The van der Waals surface area contributed by atoms with Gasteiger partial charge in [-0.3, -0.25) is 4.79 Å². The fourth-order valence-corrected chi connectivity index (χ4v) is 6.76. The molecule has 0 fully saturated rings. The lowest BCUT2D eigenvalue weighted by Crippen LogP contribution is -2.24. The predicted octanol–water partition coefficient (Wildman–Crippen LogP) is 4.86. The molecule has 9 heteroatoms. The number of sulfone groups is 1. The van der Waals surface area contributed by atoms with Crippen molar-refractivity contribution in [2.24, 2.45) is 0 Å². The number of para-hydroxylation sites is 1. The zero-order chi connectivity index (χ0) is 23.6. The Balaban J connectivity index is 1.81. The van der Waals surface area contributed by atoms with Gasteiger partial charge in [0.15, 0.2) is 11.5 Å². The first kappa shape index (κ1) is 23.1. The van der Waals surface area contributed by atoms with Gasteiger partial charge in [-0.25, -0.2) is 8.42 Å². The van der Waals surface area contributed by atoms with Crippen LogP contribution < -0.4 is 19.5 Å². The van der Waals surface area contributed by atoms with Gasteiger partial charge >= 0.3 is 0 Å². The van der Waals surface area contributed by atoms with Crippen LogP contribution in [0.1, 0.15) is 36.1 Å². The van der Waals surface area contributed by atoms with Gasteiger partial charge in [0, 0.05) is 28.2 Å². The molecular formula is C24H25NO6S2. The van der Waals surface area contributed by atoms with Crippen molar-refractivity contribution in [1.82, 2.24) is 0 Å². The number of hydrogen-bond acceptors (Lipinski definition) is 7. The van der Waals surface area contributed by atoms with Crippen molar-refractivity contribution in [2.45, 2.75) is 35.5 Å². The molecule has 0 spiro atoms. The van der Waals surface area contributed by atoms with E-state index in [1.54, 1.807) is 24.6 Å². The van der Waals surface area contributed by atoms with Gasteiger partial charge in [-0.1, -0.05) is 19.1 Å². The average Bonchev–Trinajstić information content (AvgIpc) is 3.26. The minimum Gasteiger partial charge on any atom is -0.497 e. The Kier molecular flexibility index (Phi) is 6.62. The molecule has 1 aromatic heterocycles. The van der Waals surface area contributed by atoms with E-state index < -0.39 is 9.84 Å². The van der Waals surface area contributed by atoms with E-state index in [1.165, 1.54) is 30.6 Å². The maximum absolute atomic E-state index is 13.4. The summed E-state index contributed by atoms with van der Waals surface area (Å²) in [7, 11) is -0.754. The highest BCUT2D eigenvalue weighted by Crippen LogP contribution is 2.49. The Bertz CT molecular complexity index is 1260. The highest BCUT2D eigenvalue weighted by Gasteiger charge is 2.36. The van der Waals surface area contributed by atoms with E-state index in [9.17, 15) is 13.2 Å². The maximum Gasteiger partial charge on any atom is 0.225 e. The molecule has 2 aromatic carbocycles. The average molecular weight is 488 g/mol. The Morgan fingerprint density at radius 3 is 2.52 bits per heavy atom. The molecule has 1 aliphatic rings. The smallest absolute Gasteiger partial charge is 0.225 e. The summed E-state index contributed by atoms with van der Waals surface area (Å²) in [6.45, 7) is 2.51. The lowest BCUT2D eigenvalue weighted by Gasteiger charge is -2.26. The Hall–Kier alpha value is -3.04. The summed E-state index contributed by atoms with van der Waals surface area (Å²) in [6, 6.07) is 11.8. The van der Waals surface area contributed by atoms with Crippen molar-refractivity contribution in [3.05, 3.63) is 58.3 Å². The second-order valence-electron chi connectivity index (χ2n) is 7.55. The predicted molar refractivity (Wildman–Crippen MR) is 127 cm³/mol. The fourth-order valence-electron chi connectivity index (χ4n) is 3.86. The van der Waals surface area contributed by atoms with Gasteiger partial charge in [0.05, 0.1) is 31.4 Å². The highest BCUT2D eigenvalue weighted by molar-refractivity contribution is 7.91. The van der Waals surface area contributed by atoms with Crippen molar-refractivity contribution in [3.63, 3.8) is 0 Å². The summed E-state index contributed by atoms with van der Waals surface area (Å²) < 4.78 is 43.4. The number of thiophene rings is 1. The van der Waals surface area contributed by atoms with Crippen LogP contribution in [0.2, 0.25) is 0 Å². The van der Waals surface area contributed by atoms with Crippen LogP contribution in [-0.4, -0.2) is 35.2 Å². The molecule has 0 saturated heterocycles. The molecule has 1 N–H and O–H groups in total. The molecule has 4 rings (SSSR count). The molecule has 0 saturated carbocycles. The monoisotopic (exact) mass is 487 g/mol. The van der Waals surface area contributed by atoms with Crippen LogP contribution in [0, 0.1) is 0 Å². The third-order valence-corrected chi connectivity index (χ3v) is 8.51. The van der Waals surface area contributed by atoms with E-state index in [0.717, 1.165) is 16.9 Å². The number of ether oxygens (including phenoxy) is 3. The molecule has 0 radical (unpaired) electrons. The van der Waals surface area contributed by atoms with Crippen LogP contribution in [0.15, 0.2) is 57.6 Å². The summed E-state index contributed by atoms with van der Waals surface area (Å²) in [5.41, 5.74) is 1.13. The summed E-state index contributed by atoms with van der Waals surface area (Å²) in [5.74, 6) is 1.13. The van der Waals surface area contributed by atoms with Gasteiger partial charge in [0.25, 0.3) is 0 Å². The molecule has 1 amide bonds. The van der Waals surface area contributed by atoms with Crippen LogP contribution in [0.5, 0.6) is 17.2 Å². The second-order valence-corrected chi connectivity index (χ2v) is 10.4. The first-order valence-electron chi connectivity index (χ1n) is 10.5. The van der Waals surface area contributed by atoms with Crippen molar-refractivity contribution in [2.75, 3.05) is 26.1 Å². The Morgan fingerprint density at radius 1 is 1.09 bits per heavy atom. The number of carbonyl (C=O) groups excluding carboxylic acids is 1. The summed E-state index contributed by atoms with van der Waals surface area (Å²) in [5, 5.41) is 4.39. The molecule has 7 nitrogen and oxygen atoms in total. The molecule has 2 heterocycles. The highest BCUT2D eigenvalue weighted by atomic mass is 32.2. The lowest BCUT2D eigenvalue weighted by molar-refractivity contribution is -0.116. The number of rotatable bonds is 8. The Labute approximate surface area is 197 Å². The molecule has 0 unspecified atom stereocenters. The maximum atomic E-state index is 13.4. The fraction of sp³-hybridized carbons (Fsp3) is 0.292. The number of carbonyl (C=O) groups is 1. The number of amides is 1. The van der Waals surface area contributed by atoms with Crippen LogP contribution in [0.3, 0.4) is 0 Å². The molecule has 0 aliphatic carbocycles. The zero-order valence-corrected chi connectivity index (χ0v) is 20.2. The van der Waals surface area contributed by atoms with Crippen LogP contribution in [0.4, 0.5) is 5.69 Å². The van der Waals surface area contributed by atoms with Crippen LogP contribution in [-0.2, 0) is 14.6 Å². The number of fused-ring (bicyclic) bond motifs is 1. The summed E-state index contributed by atoms with van der Waals surface area (Å²) >= 11 is 1.32. The normalized spacial score (nSPS) is 15.5. The topological polar surface area (TPSA) is 90.9 Å². The number of nitrogens with one attached hydrogen (secondary N) is 1. The van der Waals surface area contributed by atoms with E-state index in [1.807, 2.05) is 25.1 Å². The number of methoxy groups -OCH3 is 2. The van der Waals surface area contributed by atoms with Gasteiger partial charge in [0.2, 0.25) is 15.7 Å². The van der Waals surface area contributed by atoms with Crippen LogP contribution in [0.25, 0.3) is 0 Å². The first-order valence-corrected chi connectivity index (χ1v) is 12.9. The number of anilines is 1. The molecule has 1 aliphatic heterocycles. The number of benzene rings is 2. The van der Waals surface area contributed by atoms with Crippen molar-refractivity contribution >= 4 is 32.8 Å². The van der Waals surface area contributed by atoms with Gasteiger partial charge in [-0.2, -0.15) is 0 Å². The third kappa shape index (κ3) is 4.30. The van der Waals surface area contributed by atoms with Crippen molar-refractivity contribution < 1.29 is 27.4 Å². The van der Waals surface area contributed by atoms with E-state index in [4.69, 9.17) is 14.2 Å². The second kappa shape index (κ2) is 9.44. The van der Waals surface area contributed by atoms with Gasteiger partial charge in [-0.15, -0.1) is 11.3 Å². The van der Waals surface area contributed by atoms with E-state index in [0.29, 0.717) is 29.5 Å². The van der Waals surface area contributed by atoms with E-state index in [2.05, 4.69) is 5.32 Å². The minimum absolute atomic E-state index is 0.0876. The third-order valence-electron chi connectivity index (χ3n) is 5.47.